The SMILES string of the molecule is CC(C)(C)NC(N)=NCc1ccccc1-n1cccn1. The van der Waals surface area contributed by atoms with Gasteiger partial charge in [-0.1, -0.05) is 18.2 Å². The van der Waals surface area contributed by atoms with Crippen molar-refractivity contribution < 1.29 is 0 Å². The molecule has 0 radical (unpaired) electrons. The van der Waals surface area contributed by atoms with E-state index in [0.717, 1.165) is 11.3 Å². The van der Waals surface area contributed by atoms with E-state index in [9.17, 15) is 0 Å². The third-order valence-electron chi connectivity index (χ3n) is 2.67. The van der Waals surface area contributed by atoms with Crippen LogP contribution in [0.3, 0.4) is 0 Å². The van der Waals surface area contributed by atoms with Crippen molar-refractivity contribution >= 4 is 5.96 Å². The number of aliphatic imine (C=N–C) groups is 1. The minimum Gasteiger partial charge on any atom is -0.370 e. The lowest BCUT2D eigenvalue weighted by molar-refractivity contribution is 0.508. The van der Waals surface area contributed by atoms with Crippen LogP contribution in [0.2, 0.25) is 0 Å². The van der Waals surface area contributed by atoms with Crippen molar-refractivity contribution in [3.05, 3.63) is 48.3 Å². The van der Waals surface area contributed by atoms with Gasteiger partial charge in [0.2, 0.25) is 0 Å². The normalized spacial score (nSPS) is 12.4. The highest BCUT2D eigenvalue weighted by Gasteiger charge is 2.10. The number of benzene rings is 1. The maximum atomic E-state index is 5.89. The molecule has 0 fully saturated rings. The summed E-state index contributed by atoms with van der Waals surface area (Å²) < 4.78 is 1.83. The molecule has 20 heavy (non-hydrogen) atoms. The average molecular weight is 271 g/mol. The van der Waals surface area contributed by atoms with Crippen LogP contribution in [-0.4, -0.2) is 21.3 Å². The number of hydrogen-bond donors (Lipinski definition) is 2. The molecule has 2 aromatic rings. The fraction of sp³-hybridized carbons (Fsp3) is 0.333. The van der Waals surface area contributed by atoms with Gasteiger partial charge in [-0.3, -0.25) is 0 Å². The van der Waals surface area contributed by atoms with Crippen LogP contribution in [0.1, 0.15) is 26.3 Å². The highest BCUT2D eigenvalue weighted by molar-refractivity contribution is 5.78. The maximum Gasteiger partial charge on any atom is 0.189 e. The number of guanidine groups is 1. The Hall–Kier alpha value is -2.30. The summed E-state index contributed by atoms with van der Waals surface area (Å²) in [5, 5.41) is 7.40. The summed E-state index contributed by atoms with van der Waals surface area (Å²) in [4.78, 5) is 4.39. The lowest BCUT2D eigenvalue weighted by Crippen LogP contribution is -2.45. The van der Waals surface area contributed by atoms with E-state index in [4.69, 9.17) is 5.73 Å². The van der Waals surface area contributed by atoms with Gasteiger partial charge in [-0.15, -0.1) is 0 Å². The third kappa shape index (κ3) is 3.85. The molecule has 0 atom stereocenters. The second-order valence-electron chi connectivity index (χ2n) is 5.66. The number of hydrogen-bond acceptors (Lipinski definition) is 2. The van der Waals surface area contributed by atoms with Crippen LogP contribution in [0.4, 0.5) is 0 Å². The van der Waals surface area contributed by atoms with Gasteiger partial charge < -0.3 is 11.1 Å². The largest absolute Gasteiger partial charge is 0.370 e. The maximum absolute atomic E-state index is 5.89. The number of nitrogens with one attached hydrogen (secondary N) is 1. The smallest absolute Gasteiger partial charge is 0.189 e. The van der Waals surface area contributed by atoms with E-state index in [0.29, 0.717) is 12.5 Å². The highest BCUT2D eigenvalue weighted by atomic mass is 15.3. The van der Waals surface area contributed by atoms with Crippen LogP contribution in [0.15, 0.2) is 47.7 Å². The standard InChI is InChI=1S/C15H21N5/c1-15(2,3)19-14(16)17-11-12-7-4-5-8-13(12)20-10-6-9-18-20/h4-10H,11H2,1-3H3,(H3,16,17,19). The summed E-state index contributed by atoms with van der Waals surface area (Å²) in [5.74, 6) is 0.452. The van der Waals surface area contributed by atoms with Crippen LogP contribution in [-0.2, 0) is 6.54 Å². The van der Waals surface area contributed by atoms with E-state index in [1.54, 1.807) is 6.20 Å². The minimum atomic E-state index is -0.0882. The van der Waals surface area contributed by atoms with Crippen molar-refractivity contribution in [2.75, 3.05) is 0 Å². The van der Waals surface area contributed by atoms with E-state index in [1.165, 1.54) is 0 Å². The van der Waals surface area contributed by atoms with Crippen LogP contribution in [0.25, 0.3) is 5.69 Å². The van der Waals surface area contributed by atoms with Crippen molar-refractivity contribution in [1.82, 2.24) is 15.1 Å². The van der Waals surface area contributed by atoms with Crippen molar-refractivity contribution in [2.24, 2.45) is 10.7 Å². The summed E-state index contributed by atoms with van der Waals surface area (Å²) in [6.45, 7) is 6.66. The summed E-state index contributed by atoms with van der Waals surface area (Å²) in [6.07, 6.45) is 3.68. The Morgan fingerprint density at radius 3 is 2.70 bits per heavy atom. The van der Waals surface area contributed by atoms with Crippen LogP contribution < -0.4 is 11.1 Å². The Morgan fingerprint density at radius 1 is 1.30 bits per heavy atom. The van der Waals surface area contributed by atoms with Crippen molar-refractivity contribution in [1.29, 1.82) is 0 Å². The summed E-state index contributed by atoms with van der Waals surface area (Å²) >= 11 is 0. The zero-order valence-corrected chi connectivity index (χ0v) is 12.2. The predicted molar refractivity (Wildman–Crippen MR) is 81.8 cm³/mol. The van der Waals surface area contributed by atoms with Crippen molar-refractivity contribution in [2.45, 2.75) is 32.9 Å². The molecule has 0 aliphatic heterocycles. The number of para-hydroxylation sites is 1. The molecule has 0 amide bonds. The van der Waals surface area contributed by atoms with E-state index in [1.807, 2.05) is 62.0 Å². The molecule has 0 spiro atoms. The molecular formula is C15H21N5. The summed E-state index contributed by atoms with van der Waals surface area (Å²) in [6, 6.07) is 9.93. The molecule has 0 aliphatic carbocycles. The van der Waals surface area contributed by atoms with Gasteiger partial charge in [-0.05, 0) is 38.5 Å². The van der Waals surface area contributed by atoms with E-state index >= 15 is 0 Å². The van der Waals surface area contributed by atoms with Gasteiger partial charge in [0.25, 0.3) is 0 Å². The van der Waals surface area contributed by atoms with E-state index in [-0.39, 0.29) is 5.54 Å². The zero-order valence-electron chi connectivity index (χ0n) is 12.2. The number of nitrogens with zero attached hydrogens (tertiary/aromatic N) is 3. The molecular weight excluding hydrogens is 250 g/mol. The molecule has 0 unspecified atom stereocenters. The summed E-state index contributed by atoms with van der Waals surface area (Å²) in [7, 11) is 0. The number of rotatable bonds is 3. The van der Waals surface area contributed by atoms with Gasteiger partial charge in [-0.2, -0.15) is 5.10 Å². The third-order valence-corrected chi connectivity index (χ3v) is 2.67. The van der Waals surface area contributed by atoms with Gasteiger partial charge in [-0.25, -0.2) is 9.67 Å². The number of nitrogens with two attached hydrogens (primary N) is 1. The molecule has 1 aromatic carbocycles. The fourth-order valence-corrected chi connectivity index (χ4v) is 1.87. The van der Waals surface area contributed by atoms with Gasteiger partial charge in [0.1, 0.15) is 0 Å². The van der Waals surface area contributed by atoms with E-state index in [2.05, 4.69) is 15.4 Å². The first-order valence-corrected chi connectivity index (χ1v) is 6.62. The first-order valence-electron chi connectivity index (χ1n) is 6.62. The van der Waals surface area contributed by atoms with Crippen molar-refractivity contribution in [3.63, 3.8) is 0 Å². The Labute approximate surface area is 119 Å². The van der Waals surface area contributed by atoms with Crippen LogP contribution in [0, 0.1) is 0 Å². The Morgan fingerprint density at radius 2 is 2.05 bits per heavy atom. The molecule has 5 heteroatoms. The molecule has 0 aliphatic rings. The summed E-state index contributed by atoms with van der Waals surface area (Å²) in [5.41, 5.74) is 7.90. The van der Waals surface area contributed by atoms with Gasteiger partial charge in [0.15, 0.2) is 5.96 Å². The molecule has 0 saturated carbocycles. The Balaban J connectivity index is 2.17. The lowest BCUT2D eigenvalue weighted by atomic mass is 10.1. The molecule has 5 nitrogen and oxygen atoms in total. The zero-order chi connectivity index (χ0) is 14.6. The van der Waals surface area contributed by atoms with Gasteiger partial charge in [0, 0.05) is 17.9 Å². The molecule has 0 bridgehead atoms. The first kappa shape index (κ1) is 14.1. The van der Waals surface area contributed by atoms with Gasteiger partial charge >= 0.3 is 0 Å². The van der Waals surface area contributed by atoms with Crippen LogP contribution >= 0.6 is 0 Å². The molecule has 2 rings (SSSR count). The van der Waals surface area contributed by atoms with Gasteiger partial charge in [0.05, 0.1) is 12.2 Å². The second-order valence-corrected chi connectivity index (χ2v) is 5.66. The topological polar surface area (TPSA) is 68.2 Å². The average Bonchev–Trinajstić information content (AvgIpc) is 2.88. The highest BCUT2D eigenvalue weighted by Crippen LogP contribution is 2.14. The molecule has 106 valence electrons. The van der Waals surface area contributed by atoms with Crippen LogP contribution in [0.5, 0.6) is 0 Å². The monoisotopic (exact) mass is 271 g/mol. The Kier molecular flexibility index (Phi) is 4.08. The number of aromatic nitrogens is 2. The van der Waals surface area contributed by atoms with Crippen molar-refractivity contribution in [3.8, 4) is 5.69 Å². The predicted octanol–water partition coefficient (Wildman–Crippen LogP) is 2.08. The molecule has 3 N–H and O–H groups in total. The van der Waals surface area contributed by atoms with E-state index < -0.39 is 0 Å². The second kappa shape index (κ2) is 5.77. The molecule has 1 aromatic heterocycles. The quantitative estimate of drug-likeness (QED) is 0.663. The minimum absolute atomic E-state index is 0.0882. The lowest BCUT2D eigenvalue weighted by Gasteiger charge is -2.21. The molecule has 0 saturated heterocycles. The fourth-order valence-electron chi connectivity index (χ4n) is 1.87. The first-order chi connectivity index (χ1) is 9.46. The Bertz CT molecular complexity index is 579. The molecule has 1 heterocycles.